The van der Waals surface area contributed by atoms with Crippen LogP contribution in [0.1, 0.15) is 24.6 Å². The van der Waals surface area contributed by atoms with Crippen molar-refractivity contribution in [2.45, 2.75) is 36.6 Å². The average Bonchev–Trinajstić information content (AvgIpc) is 3.10. The molecule has 0 N–H and O–H groups in total. The Kier molecular flexibility index (Phi) is 4.44. The normalized spacial score (nSPS) is 18.3. The third-order valence-electron chi connectivity index (χ3n) is 3.37. The monoisotopic (exact) mass is 371 g/mol. The van der Waals surface area contributed by atoms with Gasteiger partial charge in [0.15, 0.2) is 0 Å². The van der Waals surface area contributed by atoms with Gasteiger partial charge in [-0.2, -0.15) is 4.31 Å². The Morgan fingerprint density at radius 3 is 2.67 bits per heavy atom. The molecule has 2 rings (SSSR count). The van der Waals surface area contributed by atoms with Crippen molar-refractivity contribution in [1.29, 1.82) is 0 Å². The molecular weight excluding hydrogens is 358 g/mol. The summed E-state index contributed by atoms with van der Waals surface area (Å²) >= 11 is 10.4. The summed E-state index contributed by atoms with van der Waals surface area (Å²) in [6, 6.07) is 1.72. The highest BCUT2D eigenvalue weighted by Crippen LogP contribution is 2.39. The van der Waals surface area contributed by atoms with E-state index in [9.17, 15) is 8.42 Å². The van der Waals surface area contributed by atoms with E-state index in [4.69, 9.17) is 11.6 Å². The van der Waals surface area contributed by atoms with Crippen molar-refractivity contribution in [3.63, 3.8) is 0 Å². The van der Waals surface area contributed by atoms with Crippen molar-refractivity contribution in [3.05, 3.63) is 14.7 Å². The van der Waals surface area contributed by atoms with Crippen LogP contribution in [0, 0.1) is 5.92 Å². The van der Waals surface area contributed by atoms with Crippen LogP contribution in [0.5, 0.6) is 0 Å². The second-order valence-corrected chi connectivity index (χ2v) is 9.27. The first-order valence-electron chi connectivity index (χ1n) is 5.70. The lowest BCUT2D eigenvalue weighted by Gasteiger charge is -2.23. The van der Waals surface area contributed by atoms with Crippen LogP contribution in [-0.4, -0.2) is 25.8 Å². The summed E-state index contributed by atoms with van der Waals surface area (Å²) in [4.78, 5) is 1.19. The number of thiophene rings is 1. The fraction of sp³-hybridized carbons (Fsp3) is 0.636. The first-order valence-corrected chi connectivity index (χ1v) is 9.28. The number of hydrogen-bond donors (Lipinski definition) is 0. The molecule has 1 fully saturated rings. The van der Waals surface area contributed by atoms with Gasteiger partial charge in [-0.1, -0.05) is 0 Å². The Labute approximate surface area is 125 Å². The molecule has 0 saturated heterocycles. The van der Waals surface area contributed by atoms with E-state index in [0.29, 0.717) is 20.5 Å². The van der Waals surface area contributed by atoms with Gasteiger partial charge in [0, 0.05) is 18.0 Å². The third-order valence-corrected chi connectivity index (χ3v) is 8.02. The van der Waals surface area contributed by atoms with Crippen molar-refractivity contribution >= 4 is 48.9 Å². The highest BCUT2D eigenvalue weighted by Gasteiger charge is 2.37. The molecule has 0 bridgehead atoms. The maximum atomic E-state index is 12.5. The van der Waals surface area contributed by atoms with Crippen LogP contribution in [0.3, 0.4) is 0 Å². The van der Waals surface area contributed by atoms with Crippen molar-refractivity contribution in [2.75, 3.05) is 7.05 Å². The van der Waals surface area contributed by atoms with Gasteiger partial charge in [0.2, 0.25) is 10.0 Å². The van der Waals surface area contributed by atoms with E-state index in [2.05, 4.69) is 15.9 Å². The molecule has 0 aromatic carbocycles. The molecule has 3 nitrogen and oxygen atoms in total. The van der Waals surface area contributed by atoms with E-state index in [0.717, 1.165) is 17.7 Å². The molecule has 1 aromatic rings. The average molecular weight is 373 g/mol. The standard InChI is InChI=1S/C11H15BrClNO2S2/c1-7(8-3-4-8)14(2)18(15,16)10-5-9(6-13)17-11(10)12/h5,7-8H,3-4,6H2,1-2H3. The van der Waals surface area contributed by atoms with Gasteiger partial charge >= 0.3 is 0 Å². The van der Waals surface area contributed by atoms with Crippen LogP contribution in [0.2, 0.25) is 0 Å². The number of hydrogen-bond acceptors (Lipinski definition) is 3. The highest BCUT2D eigenvalue weighted by atomic mass is 79.9. The predicted molar refractivity (Wildman–Crippen MR) is 78.7 cm³/mol. The fourth-order valence-electron chi connectivity index (χ4n) is 1.89. The molecule has 18 heavy (non-hydrogen) atoms. The molecule has 0 spiro atoms. The summed E-state index contributed by atoms with van der Waals surface area (Å²) in [5, 5.41) is 0. The van der Waals surface area contributed by atoms with Gasteiger partial charge in [0.05, 0.1) is 9.67 Å². The van der Waals surface area contributed by atoms with Gasteiger partial charge in [-0.3, -0.25) is 0 Å². The number of halogens is 2. The fourth-order valence-corrected chi connectivity index (χ4v) is 6.03. The van der Waals surface area contributed by atoms with E-state index in [1.807, 2.05) is 6.92 Å². The summed E-state index contributed by atoms with van der Waals surface area (Å²) in [6.45, 7) is 1.97. The van der Waals surface area contributed by atoms with Gasteiger partial charge in [-0.25, -0.2) is 8.42 Å². The lowest BCUT2D eigenvalue weighted by atomic mass is 10.2. The van der Waals surface area contributed by atoms with E-state index in [-0.39, 0.29) is 6.04 Å². The highest BCUT2D eigenvalue weighted by molar-refractivity contribution is 9.11. The summed E-state index contributed by atoms with van der Waals surface area (Å²) in [6.07, 6.45) is 2.25. The van der Waals surface area contributed by atoms with Crippen molar-refractivity contribution in [3.8, 4) is 0 Å². The van der Waals surface area contributed by atoms with Crippen LogP contribution in [0.25, 0.3) is 0 Å². The van der Waals surface area contributed by atoms with Gasteiger partial charge in [-0.15, -0.1) is 22.9 Å². The lowest BCUT2D eigenvalue weighted by Crippen LogP contribution is -2.36. The molecule has 1 aliphatic carbocycles. The van der Waals surface area contributed by atoms with E-state index in [1.54, 1.807) is 13.1 Å². The molecule has 0 aliphatic heterocycles. The molecule has 0 amide bonds. The minimum atomic E-state index is -3.42. The smallest absolute Gasteiger partial charge is 0.207 e. The maximum absolute atomic E-state index is 12.5. The Morgan fingerprint density at radius 1 is 1.61 bits per heavy atom. The molecule has 1 aliphatic rings. The van der Waals surface area contributed by atoms with Gasteiger partial charge in [0.25, 0.3) is 0 Å². The summed E-state index contributed by atoms with van der Waals surface area (Å²) in [5.74, 6) is 0.843. The molecule has 7 heteroatoms. The molecule has 1 saturated carbocycles. The zero-order valence-electron chi connectivity index (χ0n) is 10.2. The first kappa shape index (κ1) is 14.8. The summed E-state index contributed by atoms with van der Waals surface area (Å²) in [7, 11) is -1.77. The number of nitrogens with zero attached hydrogens (tertiary/aromatic N) is 1. The maximum Gasteiger partial charge on any atom is 0.245 e. The van der Waals surface area contributed by atoms with E-state index in [1.165, 1.54) is 15.6 Å². The quantitative estimate of drug-likeness (QED) is 0.740. The van der Waals surface area contributed by atoms with Gasteiger partial charge < -0.3 is 0 Å². The van der Waals surface area contributed by atoms with Crippen molar-refractivity contribution < 1.29 is 8.42 Å². The molecule has 0 radical (unpaired) electrons. The molecule has 1 heterocycles. The Balaban J connectivity index is 2.31. The molecule has 1 unspecified atom stereocenters. The zero-order chi connectivity index (χ0) is 13.5. The van der Waals surface area contributed by atoms with E-state index >= 15 is 0 Å². The molecule has 1 aromatic heterocycles. The molecule has 1 atom stereocenters. The topological polar surface area (TPSA) is 37.4 Å². The van der Waals surface area contributed by atoms with Crippen LogP contribution >= 0.6 is 38.9 Å². The summed E-state index contributed by atoms with van der Waals surface area (Å²) < 4.78 is 27.1. The summed E-state index contributed by atoms with van der Waals surface area (Å²) in [5.41, 5.74) is 0. The number of alkyl halides is 1. The second-order valence-electron chi connectivity index (χ2n) is 4.58. The third kappa shape index (κ3) is 2.77. The minimum Gasteiger partial charge on any atom is -0.207 e. The minimum absolute atomic E-state index is 0.0567. The number of sulfonamides is 1. The van der Waals surface area contributed by atoms with Gasteiger partial charge in [0.1, 0.15) is 4.90 Å². The van der Waals surface area contributed by atoms with Gasteiger partial charge in [-0.05, 0) is 47.7 Å². The molecule has 102 valence electrons. The van der Waals surface area contributed by atoms with Crippen molar-refractivity contribution in [2.24, 2.45) is 5.92 Å². The van der Waals surface area contributed by atoms with Crippen molar-refractivity contribution in [1.82, 2.24) is 4.31 Å². The van der Waals surface area contributed by atoms with E-state index < -0.39 is 10.0 Å². The largest absolute Gasteiger partial charge is 0.245 e. The molecular formula is C11H15BrClNO2S2. The SMILES string of the molecule is CC(C1CC1)N(C)S(=O)(=O)c1cc(CCl)sc1Br. The Morgan fingerprint density at radius 2 is 2.22 bits per heavy atom. The van der Waals surface area contributed by atoms with Crippen LogP contribution in [-0.2, 0) is 15.9 Å². The first-order chi connectivity index (χ1) is 8.37. The second kappa shape index (κ2) is 5.40. The lowest BCUT2D eigenvalue weighted by molar-refractivity contribution is 0.357. The van der Waals surface area contributed by atoms with Crippen LogP contribution in [0.4, 0.5) is 0 Å². The Bertz CT molecular complexity index is 539. The number of rotatable bonds is 5. The van der Waals surface area contributed by atoms with Crippen LogP contribution < -0.4 is 0 Å². The predicted octanol–water partition coefficient (Wildman–Crippen LogP) is 3.67. The zero-order valence-corrected chi connectivity index (χ0v) is 14.2. The van der Waals surface area contributed by atoms with Crippen LogP contribution in [0.15, 0.2) is 14.7 Å². The Hall–Kier alpha value is 0.380.